The fourth-order valence-corrected chi connectivity index (χ4v) is 2.93. The van der Waals surface area contributed by atoms with E-state index < -0.39 is 0 Å². The molecule has 2 N–H and O–H groups in total. The molecule has 28 heavy (non-hydrogen) atoms. The van der Waals surface area contributed by atoms with E-state index in [1.807, 2.05) is 32.9 Å². The molecular weight excluding hydrogens is 376 g/mol. The maximum atomic E-state index is 12.7. The lowest BCUT2D eigenvalue weighted by Crippen LogP contribution is -2.13. The molecule has 0 unspecified atom stereocenters. The fraction of sp³-hybridized carbons (Fsp3) is 0.190. The second-order valence-electron chi connectivity index (χ2n) is 6.44. The first-order valence-corrected chi connectivity index (χ1v) is 9.08. The van der Waals surface area contributed by atoms with Gasteiger partial charge in [-0.15, -0.1) is 0 Å². The predicted octanol–water partition coefficient (Wildman–Crippen LogP) is 5.06. The Labute approximate surface area is 168 Å². The molecule has 0 bridgehead atoms. The quantitative estimate of drug-likeness (QED) is 0.630. The number of halogens is 1. The lowest BCUT2D eigenvalue weighted by molar-refractivity contribution is 0.102. The molecule has 0 aliphatic carbocycles. The van der Waals surface area contributed by atoms with Gasteiger partial charge >= 0.3 is 0 Å². The van der Waals surface area contributed by atoms with Gasteiger partial charge in [0.25, 0.3) is 5.91 Å². The second-order valence-corrected chi connectivity index (χ2v) is 6.84. The van der Waals surface area contributed by atoms with E-state index >= 15 is 0 Å². The highest BCUT2D eigenvalue weighted by molar-refractivity contribution is 6.31. The Balaban J connectivity index is 1.82. The van der Waals surface area contributed by atoms with Crippen LogP contribution in [0.2, 0.25) is 5.02 Å². The Morgan fingerprint density at radius 2 is 1.75 bits per heavy atom. The maximum Gasteiger partial charge on any atom is 0.255 e. The predicted molar refractivity (Wildman–Crippen MR) is 112 cm³/mol. The fourth-order valence-electron chi connectivity index (χ4n) is 2.77. The molecule has 0 fully saturated rings. The number of carbonyl (C=O) groups is 1. The molecule has 7 heteroatoms. The zero-order chi connectivity index (χ0) is 20.3. The van der Waals surface area contributed by atoms with Gasteiger partial charge in [0.1, 0.15) is 5.75 Å². The summed E-state index contributed by atoms with van der Waals surface area (Å²) in [5.41, 5.74) is 4.36. The monoisotopic (exact) mass is 396 g/mol. The molecule has 6 nitrogen and oxygen atoms in total. The number of anilines is 3. The Morgan fingerprint density at radius 1 is 1.04 bits per heavy atom. The van der Waals surface area contributed by atoms with Crippen LogP contribution >= 0.6 is 11.6 Å². The van der Waals surface area contributed by atoms with E-state index in [0.29, 0.717) is 28.0 Å². The van der Waals surface area contributed by atoms with Crippen molar-refractivity contribution in [3.63, 3.8) is 0 Å². The van der Waals surface area contributed by atoms with Gasteiger partial charge in [-0.2, -0.15) is 0 Å². The number of carbonyl (C=O) groups excluding carboxylic acids is 1. The van der Waals surface area contributed by atoms with Gasteiger partial charge in [0, 0.05) is 33.7 Å². The summed E-state index contributed by atoms with van der Waals surface area (Å²) >= 11 is 6.13. The third kappa shape index (κ3) is 4.58. The topological polar surface area (TPSA) is 76.1 Å². The van der Waals surface area contributed by atoms with Crippen LogP contribution in [0.4, 0.5) is 17.3 Å². The first-order chi connectivity index (χ1) is 13.4. The summed E-state index contributed by atoms with van der Waals surface area (Å²) in [6, 6.07) is 12.5. The Morgan fingerprint density at radius 3 is 2.43 bits per heavy atom. The maximum absolute atomic E-state index is 12.7. The summed E-state index contributed by atoms with van der Waals surface area (Å²) < 4.78 is 5.31. The van der Waals surface area contributed by atoms with Crippen molar-refractivity contribution >= 4 is 34.8 Å². The van der Waals surface area contributed by atoms with Crippen molar-refractivity contribution in [3.8, 4) is 5.75 Å². The van der Waals surface area contributed by atoms with Crippen LogP contribution in [0.25, 0.3) is 0 Å². The molecule has 3 aromatic rings. The zero-order valence-corrected chi connectivity index (χ0v) is 16.9. The molecule has 1 aromatic heterocycles. The highest BCUT2D eigenvalue weighted by Gasteiger charge is 2.13. The average Bonchev–Trinajstić information content (AvgIpc) is 2.64. The van der Waals surface area contributed by atoms with E-state index in [0.717, 1.165) is 22.6 Å². The number of hydrogen-bond donors (Lipinski definition) is 2. The third-order valence-electron chi connectivity index (χ3n) is 4.09. The van der Waals surface area contributed by atoms with Gasteiger partial charge in [0.05, 0.1) is 12.8 Å². The number of amides is 1. The first kappa shape index (κ1) is 19.6. The molecule has 0 aliphatic heterocycles. The van der Waals surface area contributed by atoms with E-state index in [1.165, 1.54) is 7.11 Å². The highest BCUT2D eigenvalue weighted by Crippen LogP contribution is 2.31. The standard InChI is InChI=1S/C21H21ClN4O2/c1-12-8-18(19(28-4)11-17(12)22)26-20(27)15-6-5-7-16(10-15)25-21-23-13(2)9-14(3)24-21/h5-11H,1-4H3,(H,26,27)(H,23,24,25). The number of aromatic nitrogens is 2. The largest absolute Gasteiger partial charge is 0.495 e. The number of rotatable bonds is 5. The number of benzene rings is 2. The zero-order valence-electron chi connectivity index (χ0n) is 16.1. The minimum Gasteiger partial charge on any atom is -0.495 e. The van der Waals surface area contributed by atoms with Crippen molar-refractivity contribution in [1.82, 2.24) is 9.97 Å². The van der Waals surface area contributed by atoms with Gasteiger partial charge in [0.15, 0.2) is 0 Å². The molecule has 0 aliphatic rings. The van der Waals surface area contributed by atoms with E-state index in [-0.39, 0.29) is 5.91 Å². The van der Waals surface area contributed by atoms with Gasteiger partial charge < -0.3 is 15.4 Å². The normalized spacial score (nSPS) is 10.5. The van der Waals surface area contributed by atoms with Crippen LogP contribution in [-0.2, 0) is 0 Å². The van der Waals surface area contributed by atoms with Crippen molar-refractivity contribution < 1.29 is 9.53 Å². The van der Waals surface area contributed by atoms with Crippen LogP contribution in [0.5, 0.6) is 5.75 Å². The summed E-state index contributed by atoms with van der Waals surface area (Å²) in [6.45, 7) is 5.68. The number of aryl methyl sites for hydroxylation is 3. The Kier molecular flexibility index (Phi) is 5.80. The first-order valence-electron chi connectivity index (χ1n) is 8.70. The summed E-state index contributed by atoms with van der Waals surface area (Å²) in [7, 11) is 1.53. The number of methoxy groups -OCH3 is 1. The van der Waals surface area contributed by atoms with E-state index in [2.05, 4.69) is 20.6 Å². The number of nitrogens with one attached hydrogen (secondary N) is 2. The molecule has 1 heterocycles. The van der Waals surface area contributed by atoms with Crippen LogP contribution < -0.4 is 15.4 Å². The van der Waals surface area contributed by atoms with Crippen LogP contribution in [0, 0.1) is 20.8 Å². The van der Waals surface area contributed by atoms with Gasteiger partial charge in [0.2, 0.25) is 5.95 Å². The minimum atomic E-state index is -0.259. The molecule has 0 atom stereocenters. The van der Waals surface area contributed by atoms with Crippen LogP contribution in [-0.4, -0.2) is 23.0 Å². The van der Waals surface area contributed by atoms with Crippen LogP contribution in [0.1, 0.15) is 27.3 Å². The molecule has 0 saturated heterocycles. The summed E-state index contributed by atoms with van der Waals surface area (Å²) in [5.74, 6) is 0.733. The van der Waals surface area contributed by atoms with Gasteiger partial charge in [-0.25, -0.2) is 9.97 Å². The van der Waals surface area contributed by atoms with Crippen molar-refractivity contribution in [2.45, 2.75) is 20.8 Å². The smallest absolute Gasteiger partial charge is 0.255 e. The molecule has 0 radical (unpaired) electrons. The molecule has 3 rings (SSSR count). The summed E-state index contributed by atoms with van der Waals surface area (Å²) in [6.07, 6.45) is 0. The number of hydrogen-bond acceptors (Lipinski definition) is 5. The van der Waals surface area contributed by atoms with Crippen molar-refractivity contribution in [1.29, 1.82) is 0 Å². The molecule has 0 spiro atoms. The van der Waals surface area contributed by atoms with E-state index in [1.54, 1.807) is 30.3 Å². The van der Waals surface area contributed by atoms with E-state index in [4.69, 9.17) is 16.3 Å². The lowest BCUT2D eigenvalue weighted by atomic mass is 10.1. The van der Waals surface area contributed by atoms with Gasteiger partial charge in [-0.3, -0.25) is 4.79 Å². The Hall–Kier alpha value is -3.12. The summed E-state index contributed by atoms with van der Waals surface area (Å²) in [4.78, 5) is 21.5. The number of ether oxygens (including phenoxy) is 1. The molecule has 144 valence electrons. The second kappa shape index (κ2) is 8.27. The molecular formula is C21H21ClN4O2. The van der Waals surface area contributed by atoms with Gasteiger partial charge in [-0.1, -0.05) is 17.7 Å². The van der Waals surface area contributed by atoms with Crippen molar-refractivity contribution in [2.24, 2.45) is 0 Å². The van der Waals surface area contributed by atoms with Crippen LogP contribution in [0.3, 0.4) is 0 Å². The lowest BCUT2D eigenvalue weighted by Gasteiger charge is -2.13. The molecule has 1 amide bonds. The SMILES string of the molecule is COc1cc(Cl)c(C)cc1NC(=O)c1cccc(Nc2nc(C)cc(C)n2)c1. The van der Waals surface area contributed by atoms with Crippen molar-refractivity contribution in [3.05, 3.63) is 70.0 Å². The highest BCUT2D eigenvalue weighted by atomic mass is 35.5. The Bertz CT molecular complexity index is 1020. The molecule has 0 saturated carbocycles. The van der Waals surface area contributed by atoms with Crippen LogP contribution in [0.15, 0.2) is 42.5 Å². The van der Waals surface area contributed by atoms with Crippen molar-refractivity contribution in [2.75, 3.05) is 17.7 Å². The van der Waals surface area contributed by atoms with Gasteiger partial charge in [-0.05, 0) is 56.7 Å². The van der Waals surface area contributed by atoms with E-state index in [9.17, 15) is 4.79 Å². The number of nitrogens with zero attached hydrogens (tertiary/aromatic N) is 2. The summed E-state index contributed by atoms with van der Waals surface area (Å²) in [5, 5.41) is 6.59. The third-order valence-corrected chi connectivity index (χ3v) is 4.50. The minimum absolute atomic E-state index is 0.259. The molecule has 2 aromatic carbocycles. The average molecular weight is 397 g/mol.